The summed E-state index contributed by atoms with van der Waals surface area (Å²) in [6, 6.07) is 15.7. The van der Waals surface area contributed by atoms with Crippen molar-refractivity contribution < 1.29 is 4.79 Å². The number of carbonyl (C=O) groups excluding carboxylic acids is 1. The van der Waals surface area contributed by atoms with E-state index >= 15 is 0 Å². The number of amides is 1. The fraction of sp³-hybridized carbons (Fsp3) is 0.222. The standard InChI is InChI=1S/C18H18N2OS/c1-13-3-4-14(2)17(11-13)22-12-18(21)20-16-7-5-15(6-8-16)9-10-19/h3-8,11H,9,12H2,1-2H3,(H,20,21). The summed E-state index contributed by atoms with van der Waals surface area (Å²) in [4.78, 5) is 13.1. The van der Waals surface area contributed by atoms with Gasteiger partial charge in [-0.2, -0.15) is 5.26 Å². The maximum Gasteiger partial charge on any atom is 0.234 e. The lowest BCUT2D eigenvalue weighted by Crippen LogP contribution is -2.14. The molecule has 0 saturated carbocycles. The molecule has 3 nitrogen and oxygen atoms in total. The number of nitriles is 1. The van der Waals surface area contributed by atoms with E-state index in [1.807, 2.05) is 38.1 Å². The quantitative estimate of drug-likeness (QED) is 0.846. The number of hydrogen-bond donors (Lipinski definition) is 1. The number of anilines is 1. The summed E-state index contributed by atoms with van der Waals surface area (Å²) >= 11 is 1.54. The number of nitrogens with one attached hydrogen (secondary N) is 1. The van der Waals surface area contributed by atoms with Crippen molar-refractivity contribution in [2.45, 2.75) is 25.2 Å². The Labute approximate surface area is 135 Å². The number of carbonyl (C=O) groups is 1. The summed E-state index contributed by atoms with van der Waals surface area (Å²) in [5.41, 5.74) is 4.09. The van der Waals surface area contributed by atoms with E-state index in [0.29, 0.717) is 12.2 Å². The third-order valence-corrected chi connectivity index (χ3v) is 4.38. The van der Waals surface area contributed by atoms with Gasteiger partial charge in [-0.05, 0) is 43.2 Å². The zero-order valence-corrected chi connectivity index (χ0v) is 13.5. The van der Waals surface area contributed by atoms with Crippen molar-refractivity contribution >= 4 is 23.4 Å². The first-order chi connectivity index (χ1) is 10.6. The highest BCUT2D eigenvalue weighted by atomic mass is 32.2. The van der Waals surface area contributed by atoms with Gasteiger partial charge in [0.2, 0.25) is 5.91 Å². The molecule has 0 saturated heterocycles. The number of thioether (sulfide) groups is 1. The van der Waals surface area contributed by atoms with Crippen LogP contribution in [0.4, 0.5) is 5.69 Å². The van der Waals surface area contributed by atoms with E-state index < -0.39 is 0 Å². The molecule has 0 spiro atoms. The van der Waals surface area contributed by atoms with E-state index in [9.17, 15) is 4.79 Å². The normalized spacial score (nSPS) is 10.0. The third-order valence-electron chi connectivity index (χ3n) is 3.22. The molecule has 0 atom stereocenters. The summed E-state index contributed by atoms with van der Waals surface area (Å²) in [6.07, 6.45) is 0.386. The van der Waals surface area contributed by atoms with Crippen LogP contribution in [-0.4, -0.2) is 11.7 Å². The van der Waals surface area contributed by atoms with Gasteiger partial charge in [0.1, 0.15) is 0 Å². The maximum absolute atomic E-state index is 12.0. The Bertz CT molecular complexity index is 702. The molecule has 0 radical (unpaired) electrons. The molecule has 112 valence electrons. The molecule has 2 aromatic carbocycles. The smallest absolute Gasteiger partial charge is 0.234 e. The highest BCUT2D eigenvalue weighted by Gasteiger charge is 2.06. The van der Waals surface area contributed by atoms with E-state index in [1.54, 1.807) is 11.8 Å². The number of hydrogen-bond acceptors (Lipinski definition) is 3. The summed E-state index contributed by atoms with van der Waals surface area (Å²) in [5.74, 6) is 0.350. The average Bonchev–Trinajstić information content (AvgIpc) is 2.50. The minimum atomic E-state index is -0.0288. The number of aryl methyl sites for hydroxylation is 2. The van der Waals surface area contributed by atoms with Gasteiger partial charge in [-0.1, -0.05) is 29.8 Å². The van der Waals surface area contributed by atoms with Crippen molar-refractivity contribution in [1.82, 2.24) is 0 Å². The molecular formula is C18H18N2OS. The Hall–Kier alpha value is -2.25. The fourth-order valence-electron chi connectivity index (χ4n) is 2.00. The van der Waals surface area contributed by atoms with Crippen LogP contribution in [0.5, 0.6) is 0 Å². The lowest BCUT2D eigenvalue weighted by molar-refractivity contribution is -0.113. The first kappa shape index (κ1) is 16.1. The summed E-state index contributed by atoms with van der Waals surface area (Å²) in [5, 5.41) is 11.5. The second-order valence-corrected chi connectivity index (χ2v) is 6.15. The van der Waals surface area contributed by atoms with Crippen LogP contribution < -0.4 is 5.32 Å². The van der Waals surface area contributed by atoms with E-state index in [0.717, 1.165) is 16.1 Å². The van der Waals surface area contributed by atoms with Crippen LogP contribution in [0.3, 0.4) is 0 Å². The molecule has 0 heterocycles. The molecule has 0 unspecified atom stereocenters. The van der Waals surface area contributed by atoms with Crippen molar-refractivity contribution in [2.75, 3.05) is 11.1 Å². The minimum Gasteiger partial charge on any atom is -0.325 e. The summed E-state index contributed by atoms with van der Waals surface area (Å²) in [7, 11) is 0. The highest BCUT2D eigenvalue weighted by molar-refractivity contribution is 8.00. The zero-order chi connectivity index (χ0) is 15.9. The van der Waals surface area contributed by atoms with Gasteiger partial charge in [-0.15, -0.1) is 11.8 Å². The molecule has 0 bridgehead atoms. The molecular weight excluding hydrogens is 292 g/mol. The van der Waals surface area contributed by atoms with Crippen LogP contribution in [0.15, 0.2) is 47.4 Å². The molecule has 0 fully saturated rings. The highest BCUT2D eigenvalue weighted by Crippen LogP contribution is 2.23. The first-order valence-electron chi connectivity index (χ1n) is 7.04. The van der Waals surface area contributed by atoms with Crippen molar-refractivity contribution in [3.8, 4) is 6.07 Å². The maximum atomic E-state index is 12.0. The minimum absolute atomic E-state index is 0.0288. The molecule has 1 N–H and O–H groups in total. The number of nitrogens with zero attached hydrogens (tertiary/aromatic N) is 1. The average molecular weight is 310 g/mol. The van der Waals surface area contributed by atoms with Crippen LogP contribution in [0.2, 0.25) is 0 Å². The van der Waals surface area contributed by atoms with Gasteiger partial charge in [-0.25, -0.2) is 0 Å². The van der Waals surface area contributed by atoms with Crippen molar-refractivity contribution in [1.29, 1.82) is 5.26 Å². The SMILES string of the molecule is Cc1ccc(C)c(SCC(=O)Nc2ccc(CC#N)cc2)c1. The predicted molar refractivity (Wildman–Crippen MR) is 91.0 cm³/mol. The Morgan fingerprint density at radius 1 is 1.18 bits per heavy atom. The Morgan fingerprint density at radius 2 is 1.91 bits per heavy atom. The molecule has 22 heavy (non-hydrogen) atoms. The Kier molecular flexibility index (Phi) is 5.62. The molecule has 4 heteroatoms. The van der Waals surface area contributed by atoms with Gasteiger partial charge in [0.05, 0.1) is 18.2 Å². The lowest BCUT2D eigenvalue weighted by Gasteiger charge is -2.08. The second-order valence-electron chi connectivity index (χ2n) is 5.14. The monoisotopic (exact) mass is 310 g/mol. The molecule has 0 aliphatic carbocycles. The molecule has 0 aliphatic heterocycles. The topological polar surface area (TPSA) is 52.9 Å². The molecule has 2 rings (SSSR count). The first-order valence-corrected chi connectivity index (χ1v) is 8.03. The van der Waals surface area contributed by atoms with Gasteiger partial charge in [0.15, 0.2) is 0 Å². The summed E-state index contributed by atoms with van der Waals surface area (Å²) in [6.45, 7) is 4.10. The lowest BCUT2D eigenvalue weighted by atomic mass is 10.1. The molecule has 0 aromatic heterocycles. The van der Waals surface area contributed by atoms with E-state index in [2.05, 4.69) is 29.6 Å². The van der Waals surface area contributed by atoms with Crippen LogP contribution in [0, 0.1) is 25.2 Å². The number of rotatable bonds is 5. The van der Waals surface area contributed by atoms with Crippen LogP contribution in [-0.2, 0) is 11.2 Å². The van der Waals surface area contributed by atoms with Crippen LogP contribution in [0.25, 0.3) is 0 Å². The molecule has 1 amide bonds. The van der Waals surface area contributed by atoms with Crippen LogP contribution in [0.1, 0.15) is 16.7 Å². The van der Waals surface area contributed by atoms with Crippen molar-refractivity contribution in [3.05, 3.63) is 59.2 Å². The molecule has 0 aliphatic rings. The fourth-order valence-corrected chi connectivity index (χ4v) is 2.92. The van der Waals surface area contributed by atoms with Crippen molar-refractivity contribution in [2.24, 2.45) is 0 Å². The van der Waals surface area contributed by atoms with E-state index in [4.69, 9.17) is 5.26 Å². The van der Waals surface area contributed by atoms with Gasteiger partial charge in [0.25, 0.3) is 0 Å². The largest absolute Gasteiger partial charge is 0.325 e. The van der Waals surface area contributed by atoms with Gasteiger partial charge in [-0.3, -0.25) is 4.79 Å². The van der Waals surface area contributed by atoms with Gasteiger partial charge in [0, 0.05) is 10.6 Å². The van der Waals surface area contributed by atoms with E-state index in [-0.39, 0.29) is 5.91 Å². The van der Waals surface area contributed by atoms with Gasteiger partial charge < -0.3 is 5.32 Å². The predicted octanol–water partition coefficient (Wildman–Crippen LogP) is 4.10. The summed E-state index contributed by atoms with van der Waals surface area (Å²) < 4.78 is 0. The second kappa shape index (κ2) is 7.67. The zero-order valence-electron chi connectivity index (χ0n) is 12.7. The van der Waals surface area contributed by atoms with Gasteiger partial charge >= 0.3 is 0 Å². The van der Waals surface area contributed by atoms with E-state index in [1.165, 1.54) is 11.1 Å². The van der Waals surface area contributed by atoms with Crippen molar-refractivity contribution in [3.63, 3.8) is 0 Å². The third kappa shape index (κ3) is 4.64. The Balaban J connectivity index is 1.90. The number of benzene rings is 2. The Morgan fingerprint density at radius 3 is 2.59 bits per heavy atom. The van der Waals surface area contributed by atoms with Crippen LogP contribution >= 0.6 is 11.8 Å². The molecule has 2 aromatic rings.